The molecule has 0 aliphatic carbocycles. The quantitative estimate of drug-likeness (QED) is 0.670. The first-order valence-electron chi connectivity index (χ1n) is 6.98. The Balaban J connectivity index is 2.15. The third-order valence-corrected chi connectivity index (χ3v) is 3.69. The topological polar surface area (TPSA) is 81.7 Å². The number of urea groups is 1. The van der Waals surface area contributed by atoms with Crippen molar-refractivity contribution in [1.29, 1.82) is 0 Å². The minimum absolute atomic E-state index is 0.387. The van der Waals surface area contributed by atoms with E-state index in [-0.39, 0.29) is 6.03 Å². The number of carboxylic acids is 1. The summed E-state index contributed by atoms with van der Waals surface area (Å²) in [6.07, 6.45) is 3.70. The van der Waals surface area contributed by atoms with Gasteiger partial charge in [-0.15, -0.1) is 0 Å². The van der Waals surface area contributed by atoms with E-state index in [2.05, 4.69) is 22.6 Å². The zero-order chi connectivity index (χ0) is 14.3. The van der Waals surface area contributed by atoms with E-state index in [1.165, 1.54) is 12.8 Å². The molecule has 0 aromatic heterocycles. The molecule has 19 heavy (non-hydrogen) atoms. The molecule has 2 amide bonds. The molecule has 110 valence electrons. The zero-order valence-corrected chi connectivity index (χ0v) is 11.8. The van der Waals surface area contributed by atoms with Crippen LogP contribution in [-0.2, 0) is 4.79 Å². The Kier molecular flexibility index (Phi) is 6.62. The Morgan fingerprint density at radius 2 is 2.00 bits per heavy atom. The van der Waals surface area contributed by atoms with Crippen molar-refractivity contribution in [3.05, 3.63) is 0 Å². The third-order valence-electron chi connectivity index (χ3n) is 3.69. The first-order chi connectivity index (χ1) is 9.02. The number of aliphatic carboxylic acids is 1. The molecule has 6 nitrogen and oxygen atoms in total. The number of carbonyl (C=O) groups is 2. The van der Waals surface area contributed by atoms with Crippen LogP contribution in [-0.4, -0.2) is 54.7 Å². The van der Waals surface area contributed by atoms with Gasteiger partial charge in [-0.2, -0.15) is 0 Å². The predicted molar refractivity (Wildman–Crippen MR) is 73.1 cm³/mol. The molecule has 0 saturated carbocycles. The summed E-state index contributed by atoms with van der Waals surface area (Å²) in [5.74, 6) is -0.328. The number of hydrogen-bond donors (Lipinski definition) is 3. The molecule has 1 atom stereocenters. The molecule has 0 aromatic carbocycles. The molecule has 0 aromatic rings. The molecule has 1 heterocycles. The SMILES string of the molecule is CC[C@H](NC(=O)NCCC1CCN(C)CC1)C(=O)O. The second kappa shape index (κ2) is 7.99. The van der Waals surface area contributed by atoms with Gasteiger partial charge in [0, 0.05) is 6.54 Å². The van der Waals surface area contributed by atoms with Crippen LogP contribution < -0.4 is 10.6 Å². The van der Waals surface area contributed by atoms with Gasteiger partial charge in [-0.3, -0.25) is 0 Å². The molecule has 1 fully saturated rings. The summed E-state index contributed by atoms with van der Waals surface area (Å²) in [7, 11) is 2.12. The normalized spacial score (nSPS) is 18.8. The van der Waals surface area contributed by atoms with E-state index in [0.29, 0.717) is 18.9 Å². The van der Waals surface area contributed by atoms with Gasteiger partial charge in [-0.05, 0) is 51.7 Å². The molecular formula is C13H25N3O3. The molecule has 0 bridgehead atoms. The lowest BCUT2D eigenvalue weighted by molar-refractivity contribution is -0.139. The molecule has 0 unspecified atom stereocenters. The second-order valence-electron chi connectivity index (χ2n) is 5.23. The Labute approximate surface area is 114 Å². The number of likely N-dealkylation sites (tertiary alicyclic amines) is 1. The monoisotopic (exact) mass is 271 g/mol. The van der Waals surface area contributed by atoms with E-state index >= 15 is 0 Å². The van der Waals surface area contributed by atoms with E-state index in [4.69, 9.17) is 5.11 Å². The van der Waals surface area contributed by atoms with Gasteiger partial charge >= 0.3 is 12.0 Å². The number of piperidine rings is 1. The van der Waals surface area contributed by atoms with Crippen LogP contribution in [0.2, 0.25) is 0 Å². The van der Waals surface area contributed by atoms with Crippen molar-refractivity contribution in [3.63, 3.8) is 0 Å². The molecule has 1 saturated heterocycles. The molecule has 0 radical (unpaired) electrons. The lowest BCUT2D eigenvalue weighted by Gasteiger charge is -2.28. The number of carbonyl (C=O) groups excluding carboxylic acids is 1. The lowest BCUT2D eigenvalue weighted by Crippen LogP contribution is -2.46. The van der Waals surface area contributed by atoms with Gasteiger partial charge in [0.1, 0.15) is 6.04 Å². The fraction of sp³-hybridized carbons (Fsp3) is 0.846. The van der Waals surface area contributed by atoms with Gasteiger partial charge in [0.05, 0.1) is 0 Å². The largest absolute Gasteiger partial charge is 0.480 e. The zero-order valence-electron chi connectivity index (χ0n) is 11.8. The summed E-state index contributed by atoms with van der Waals surface area (Å²) in [4.78, 5) is 24.6. The lowest BCUT2D eigenvalue weighted by atomic mass is 9.94. The van der Waals surface area contributed by atoms with Crippen LogP contribution in [0.4, 0.5) is 4.79 Å². The number of hydrogen-bond acceptors (Lipinski definition) is 3. The highest BCUT2D eigenvalue weighted by molar-refractivity contribution is 5.82. The van der Waals surface area contributed by atoms with E-state index in [1.807, 2.05) is 0 Å². The number of carboxylic acid groups (broad SMARTS) is 1. The van der Waals surface area contributed by atoms with Gasteiger partial charge in [0.25, 0.3) is 0 Å². The number of nitrogens with zero attached hydrogens (tertiary/aromatic N) is 1. The van der Waals surface area contributed by atoms with Crippen LogP contribution in [0.5, 0.6) is 0 Å². The Morgan fingerprint density at radius 3 is 2.53 bits per heavy atom. The number of nitrogens with one attached hydrogen (secondary N) is 2. The Hall–Kier alpha value is -1.30. The van der Waals surface area contributed by atoms with E-state index < -0.39 is 12.0 Å². The van der Waals surface area contributed by atoms with Gasteiger partial charge in [0.2, 0.25) is 0 Å². The standard InChI is InChI=1S/C13H25N3O3/c1-3-11(12(17)18)15-13(19)14-7-4-10-5-8-16(2)9-6-10/h10-11H,3-9H2,1-2H3,(H,17,18)(H2,14,15,19)/t11-/m0/s1. The first-order valence-corrected chi connectivity index (χ1v) is 6.98. The van der Waals surface area contributed by atoms with Crippen molar-refractivity contribution in [2.75, 3.05) is 26.7 Å². The summed E-state index contributed by atoms with van der Waals surface area (Å²) < 4.78 is 0. The van der Waals surface area contributed by atoms with E-state index in [0.717, 1.165) is 19.5 Å². The van der Waals surface area contributed by atoms with Gasteiger partial charge < -0.3 is 20.6 Å². The summed E-state index contributed by atoms with van der Waals surface area (Å²) >= 11 is 0. The molecule has 0 spiro atoms. The van der Waals surface area contributed by atoms with Crippen LogP contribution in [0.1, 0.15) is 32.6 Å². The maximum absolute atomic E-state index is 11.5. The number of amides is 2. The number of rotatable bonds is 6. The fourth-order valence-corrected chi connectivity index (χ4v) is 2.29. The molecule has 1 aliphatic heterocycles. The minimum atomic E-state index is -0.993. The maximum Gasteiger partial charge on any atom is 0.326 e. The highest BCUT2D eigenvalue weighted by atomic mass is 16.4. The highest BCUT2D eigenvalue weighted by Gasteiger charge is 2.18. The molecule has 1 rings (SSSR count). The third kappa shape index (κ3) is 5.92. The van der Waals surface area contributed by atoms with Crippen LogP contribution in [0.3, 0.4) is 0 Å². The highest BCUT2D eigenvalue weighted by Crippen LogP contribution is 2.18. The van der Waals surface area contributed by atoms with Crippen molar-refractivity contribution in [3.8, 4) is 0 Å². The molecule has 6 heteroatoms. The Morgan fingerprint density at radius 1 is 1.37 bits per heavy atom. The summed E-state index contributed by atoms with van der Waals surface area (Å²) in [5.41, 5.74) is 0. The van der Waals surface area contributed by atoms with Gasteiger partial charge in [0.15, 0.2) is 0 Å². The van der Waals surface area contributed by atoms with Crippen molar-refractivity contribution in [1.82, 2.24) is 15.5 Å². The first kappa shape index (κ1) is 15.8. The average molecular weight is 271 g/mol. The smallest absolute Gasteiger partial charge is 0.326 e. The van der Waals surface area contributed by atoms with Crippen LogP contribution in [0, 0.1) is 5.92 Å². The summed E-state index contributed by atoms with van der Waals surface area (Å²) in [5, 5.41) is 14.0. The predicted octanol–water partition coefficient (Wildman–Crippen LogP) is 0.881. The Bertz CT molecular complexity index is 302. The van der Waals surface area contributed by atoms with Crippen molar-refractivity contribution in [2.45, 2.75) is 38.6 Å². The average Bonchev–Trinajstić information content (AvgIpc) is 2.38. The molecule has 1 aliphatic rings. The van der Waals surface area contributed by atoms with Crippen molar-refractivity contribution < 1.29 is 14.7 Å². The maximum atomic E-state index is 11.5. The van der Waals surface area contributed by atoms with E-state index in [1.54, 1.807) is 6.92 Å². The summed E-state index contributed by atoms with van der Waals surface area (Å²) in [6, 6.07) is -1.19. The summed E-state index contributed by atoms with van der Waals surface area (Å²) in [6.45, 7) is 4.58. The van der Waals surface area contributed by atoms with Crippen LogP contribution in [0.15, 0.2) is 0 Å². The van der Waals surface area contributed by atoms with Gasteiger partial charge in [-0.25, -0.2) is 9.59 Å². The van der Waals surface area contributed by atoms with Crippen LogP contribution >= 0.6 is 0 Å². The van der Waals surface area contributed by atoms with Gasteiger partial charge in [-0.1, -0.05) is 6.92 Å². The van der Waals surface area contributed by atoms with Crippen molar-refractivity contribution in [2.24, 2.45) is 5.92 Å². The minimum Gasteiger partial charge on any atom is -0.480 e. The molecular weight excluding hydrogens is 246 g/mol. The van der Waals surface area contributed by atoms with Crippen molar-refractivity contribution >= 4 is 12.0 Å². The molecule has 3 N–H and O–H groups in total. The van der Waals surface area contributed by atoms with Crippen LogP contribution in [0.25, 0.3) is 0 Å². The van der Waals surface area contributed by atoms with E-state index in [9.17, 15) is 9.59 Å². The fourth-order valence-electron chi connectivity index (χ4n) is 2.29. The second-order valence-corrected chi connectivity index (χ2v) is 5.23.